The minimum atomic E-state index is -1.06. The van der Waals surface area contributed by atoms with E-state index >= 15 is 0 Å². The van der Waals surface area contributed by atoms with Crippen molar-refractivity contribution in [1.82, 2.24) is 10.6 Å². The van der Waals surface area contributed by atoms with Gasteiger partial charge in [-0.15, -0.1) is 0 Å². The molecule has 0 rings (SSSR count). The summed E-state index contributed by atoms with van der Waals surface area (Å²) in [6, 6.07) is -0.879. The molecule has 0 aliphatic heterocycles. The second-order valence-electron chi connectivity index (χ2n) is 3.38. The monoisotopic (exact) mass is 230 g/mol. The number of carboxylic acids is 1. The first-order valence-electron chi connectivity index (χ1n) is 5.30. The minimum absolute atomic E-state index is 0.180. The second-order valence-corrected chi connectivity index (χ2v) is 3.38. The summed E-state index contributed by atoms with van der Waals surface area (Å²) in [6.07, 6.45) is 1.34. The molecular weight excluding hydrogens is 212 g/mol. The average molecular weight is 230 g/mol. The van der Waals surface area contributed by atoms with E-state index in [1.165, 1.54) is 0 Å². The minimum Gasteiger partial charge on any atom is -0.480 e. The molecule has 1 unspecified atom stereocenters. The molecule has 2 amide bonds. The third-order valence-corrected chi connectivity index (χ3v) is 1.98. The Bertz CT molecular complexity index is 266. The Labute approximate surface area is 94.4 Å². The predicted molar refractivity (Wildman–Crippen MR) is 57.8 cm³/mol. The van der Waals surface area contributed by atoms with Gasteiger partial charge in [-0.1, -0.05) is 20.3 Å². The van der Waals surface area contributed by atoms with E-state index in [9.17, 15) is 14.4 Å². The van der Waals surface area contributed by atoms with Gasteiger partial charge in [0.05, 0.1) is 6.54 Å². The zero-order chi connectivity index (χ0) is 12.6. The van der Waals surface area contributed by atoms with Crippen LogP contribution in [-0.2, 0) is 14.4 Å². The molecule has 0 spiro atoms. The van der Waals surface area contributed by atoms with Crippen LogP contribution in [-0.4, -0.2) is 35.5 Å². The van der Waals surface area contributed by atoms with Crippen molar-refractivity contribution in [3.8, 4) is 0 Å². The smallest absolute Gasteiger partial charge is 0.326 e. The van der Waals surface area contributed by atoms with Crippen LogP contribution in [0.1, 0.15) is 33.1 Å². The third-order valence-electron chi connectivity index (χ3n) is 1.98. The van der Waals surface area contributed by atoms with Crippen LogP contribution in [0.25, 0.3) is 0 Å². The maximum atomic E-state index is 11.3. The van der Waals surface area contributed by atoms with Crippen molar-refractivity contribution in [1.29, 1.82) is 0 Å². The van der Waals surface area contributed by atoms with E-state index in [2.05, 4.69) is 10.6 Å². The fraction of sp³-hybridized carbons (Fsp3) is 0.700. The van der Waals surface area contributed by atoms with Crippen LogP contribution in [0.15, 0.2) is 0 Å². The van der Waals surface area contributed by atoms with Crippen molar-refractivity contribution in [3.05, 3.63) is 0 Å². The van der Waals surface area contributed by atoms with Gasteiger partial charge in [0.2, 0.25) is 11.8 Å². The lowest BCUT2D eigenvalue weighted by Crippen LogP contribution is -2.45. The number of carbonyl (C=O) groups excluding carboxylic acids is 2. The lowest BCUT2D eigenvalue weighted by molar-refractivity contribution is -0.141. The van der Waals surface area contributed by atoms with Gasteiger partial charge in [-0.2, -0.15) is 0 Å². The van der Waals surface area contributed by atoms with Crippen molar-refractivity contribution in [3.63, 3.8) is 0 Å². The molecule has 6 heteroatoms. The van der Waals surface area contributed by atoms with Gasteiger partial charge in [0, 0.05) is 6.42 Å². The predicted octanol–water partition coefficient (Wildman–Crippen LogP) is -0.118. The Morgan fingerprint density at radius 1 is 1.19 bits per heavy atom. The molecule has 0 aromatic carbocycles. The molecule has 0 saturated carbocycles. The van der Waals surface area contributed by atoms with E-state index in [0.717, 1.165) is 0 Å². The van der Waals surface area contributed by atoms with Crippen LogP contribution in [0.3, 0.4) is 0 Å². The molecule has 1 atom stereocenters. The first kappa shape index (κ1) is 14.4. The Hall–Kier alpha value is -1.59. The van der Waals surface area contributed by atoms with Gasteiger partial charge < -0.3 is 15.7 Å². The van der Waals surface area contributed by atoms with E-state index < -0.39 is 17.9 Å². The van der Waals surface area contributed by atoms with Gasteiger partial charge in [-0.05, 0) is 6.42 Å². The topological polar surface area (TPSA) is 95.5 Å². The molecule has 0 radical (unpaired) electrons. The van der Waals surface area contributed by atoms with Crippen LogP contribution < -0.4 is 10.6 Å². The summed E-state index contributed by atoms with van der Waals surface area (Å²) < 4.78 is 0. The summed E-state index contributed by atoms with van der Waals surface area (Å²) in [5.74, 6) is -1.78. The summed E-state index contributed by atoms with van der Waals surface area (Å²) in [7, 11) is 0. The summed E-state index contributed by atoms with van der Waals surface area (Å²) in [6.45, 7) is 3.32. The summed E-state index contributed by atoms with van der Waals surface area (Å²) in [5.41, 5.74) is 0. The fourth-order valence-electron chi connectivity index (χ4n) is 1.10. The number of amides is 2. The zero-order valence-corrected chi connectivity index (χ0v) is 9.58. The zero-order valence-electron chi connectivity index (χ0n) is 9.58. The third kappa shape index (κ3) is 6.00. The number of rotatable bonds is 7. The van der Waals surface area contributed by atoms with Crippen molar-refractivity contribution >= 4 is 17.8 Å². The molecule has 0 fully saturated rings. The van der Waals surface area contributed by atoms with E-state index in [-0.39, 0.29) is 12.5 Å². The first-order valence-corrected chi connectivity index (χ1v) is 5.30. The molecule has 0 heterocycles. The molecule has 0 bridgehead atoms. The molecule has 92 valence electrons. The van der Waals surface area contributed by atoms with Gasteiger partial charge in [0.1, 0.15) is 6.04 Å². The number of hydrogen-bond donors (Lipinski definition) is 3. The molecular formula is C10H18N2O4. The lowest BCUT2D eigenvalue weighted by Gasteiger charge is -2.13. The van der Waals surface area contributed by atoms with Gasteiger partial charge in [0.25, 0.3) is 0 Å². The van der Waals surface area contributed by atoms with Gasteiger partial charge in [0.15, 0.2) is 0 Å². The number of aliphatic carboxylic acids is 1. The quantitative estimate of drug-likeness (QED) is 0.568. The number of carboxylic acid groups (broad SMARTS) is 1. The highest BCUT2D eigenvalue weighted by Crippen LogP contribution is 1.96. The maximum absolute atomic E-state index is 11.3. The first-order chi connectivity index (χ1) is 7.51. The SMILES string of the molecule is CCCC(NC(=O)CNC(=O)CC)C(=O)O. The molecule has 16 heavy (non-hydrogen) atoms. The van der Waals surface area contributed by atoms with E-state index in [1.807, 2.05) is 6.92 Å². The van der Waals surface area contributed by atoms with Crippen LogP contribution in [0, 0.1) is 0 Å². The second kappa shape index (κ2) is 7.67. The standard InChI is InChI=1S/C10H18N2O4/c1-3-5-7(10(15)16)12-9(14)6-11-8(13)4-2/h7H,3-6H2,1-2H3,(H,11,13)(H,12,14)(H,15,16). The molecule has 0 aliphatic rings. The van der Waals surface area contributed by atoms with E-state index in [0.29, 0.717) is 19.3 Å². The number of nitrogens with one attached hydrogen (secondary N) is 2. The highest BCUT2D eigenvalue weighted by Gasteiger charge is 2.18. The van der Waals surface area contributed by atoms with Crippen molar-refractivity contribution in [2.45, 2.75) is 39.2 Å². The largest absolute Gasteiger partial charge is 0.480 e. The highest BCUT2D eigenvalue weighted by molar-refractivity contribution is 5.87. The Balaban J connectivity index is 4.00. The molecule has 3 N–H and O–H groups in total. The summed E-state index contributed by atoms with van der Waals surface area (Å²) in [4.78, 5) is 32.8. The molecule has 0 aromatic heterocycles. The van der Waals surface area contributed by atoms with Gasteiger partial charge >= 0.3 is 5.97 Å². The Morgan fingerprint density at radius 3 is 2.25 bits per heavy atom. The average Bonchev–Trinajstić information content (AvgIpc) is 2.25. The Kier molecular flexibility index (Phi) is 6.91. The fourth-order valence-corrected chi connectivity index (χ4v) is 1.10. The maximum Gasteiger partial charge on any atom is 0.326 e. The van der Waals surface area contributed by atoms with Crippen LogP contribution in [0.2, 0.25) is 0 Å². The normalized spacial score (nSPS) is 11.6. The van der Waals surface area contributed by atoms with E-state index in [1.54, 1.807) is 6.92 Å². The molecule has 0 aromatic rings. The lowest BCUT2D eigenvalue weighted by atomic mass is 10.1. The van der Waals surface area contributed by atoms with Crippen molar-refractivity contribution in [2.24, 2.45) is 0 Å². The van der Waals surface area contributed by atoms with Crippen LogP contribution >= 0.6 is 0 Å². The van der Waals surface area contributed by atoms with Crippen molar-refractivity contribution in [2.75, 3.05) is 6.54 Å². The summed E-state index contributed by atoms with van der Waals surface area (Å²) >= 11 is 0. The number of carbonyl (C=O) groups is 3. The van der Waals surface area contributed by atoms with E-state index in [4.69, 9.17) is 5.11 Å². The summed E-state index contributed by atoms with van der Waals surface area (Å²) in [5, 5.41) is 13.5. The molecule has 0 saturated heterocycles. The van der Waals surface area contributed by atoms with Crippen LogP contribution in [0.5, 0.6) is 0 Å². The van der Waals surface area contributed by atoms with Gasteiger partial charge in [-0.3, -0.25) is 9.59 Å². The highest BCUT2D eigenvalue weighted by atomic mass is 16.4. The molecule has 6 nitrogen and oxygen atoms in total. The number of hydrogen-bond acceptors (Lipinski definition) is 3. The molecule has 0 aliphatic carbocycles. The Morgan fingerprint density at radius 2 is 1.81 bits per heavy atom. The van der Waals surface area contributed by atoms with Crippen LogP contribution in [0.4, 0.5) is 0 Å². The van der Waals surface area contributed by atoms with Gasteiger partial charge in [-0.25, -0.2) is 4.79 Å². The van der Waals surface area contributed by atoms with Crippen molar-refractivity contribution < 1.29 is 19.5 Å².